The second-order valence-corrected chi connectivity index (χ2v) is 11.8. The molecule has 1 aromatic heterocycles. The van der Waals surface area contributed by atoms with Crippen molar-refractivity contribution in [1.29, 1.82) is 0 Å². The maximum atomic E-state index is 6.00. The van der Waals surface area contributed by atoms with Crippen molar-refractivity contribution in [2.75, 3.05) is 19.8 Å². The van der Waals surface area contributed by atoms with Gasteiger partial charge in [-0.3, -0.25) is 0 Å². The van der Waals surface area contributed by atoms with Crippen LogP contribution in [0.4, 0.5) is 0 Å². The number of nitrogens with zero attached hydrogens (tertiary/aromatic N) is 1. The summed E-state index contributed by atoms with van der Waals surface area (Å²) in [5, 5.41) is 2.14. The van der Waals surface area contributed by atoms with Crippen LogP contribution in [0.3, 0.4) is 0 Å². The Morgan fingerprint density at radius 1 is 0.771 bits per heavy atom. The highest BCUT2D eigenvalue weighted by Gasteiger charge is 2.24. The van der Waals surface area contributed by atoms with Gasteiger partial charge in [0, 0.05) is 19.6 Å². The van der Waals surface area contributed by atoms with Gasteiger partial charge in [0.05, 0.1) is 18.1 Å². The SMILES string of the molecule is CCCCCCCCCCCCCCCCC[C@H]1CO[C@H](COCCCCCC[n+]2ccsc2)C1. The highest BCUT2D eigenvalue weighted by atomic mass is 32.1. The summed E-state index contributed by atoms with van der Waals surface area (Å²) in [6.45, 7) is 6.12. The highest BCUT2D eigenvalue weighted by molar-refractivity contribution is 7.07. The van der Waals surface area contributed by atoms with E-state index in [9.17, 15) is 0 Å². The molecule has 0 bridgehead atoms. The summed E-state index contributed by atoms with van der Waals surface area (Å²) in [5.41, 5.74) is 2.19. The molecule has 1 aliphatic rings. The lowest BCUT2D eigenvalue weighted by atomic mass is 9.97. The van der Waals surface area contributed by atoms with Gasteiger partial charge in [0.1, 0.15) is 6.54 Å². The molecule has 0 spiro atoms. The van der Waals surface area contributed by atoms with Gasteiger partial charge in [0.15, 0.2) is 6.20 Å². The van der Waals surface area contributed by atoms with Crippen molar-refractivity contribution >= 4 is 11.3 Å². The second-order valence-electron chi connectivity index (χ2n) is 11.0. The van der Waals surface area contributed by atoms with Crippen LogP contribution in [-0.2, 0) is 16.0 Å². The molecule has 1 aromatic rings. The van der Waals surface area contributed by atoms with Crippen molar-refractivity contribution < 1.29 is 14.0 Å². The third-order valence-corrected chi connectivity index (χ3v) is 8.34. The van der Waals surface area contributed by atoms with E-state index in [-0.39, 0.29) is 0 Å². The Balaban J connectivity index is 1.25. The first-order chi connectivity index (χ1) is 17.4. The Kier molecular flexibility index (Phi) is 20.0. The number of aromatic nitrogens is 1. The molecule has 1 fully saturated rings. The molecule has 3 nitrogen and oxygen atoms in total. The first-order valence-corrected chi connectivity index (χ1v) is 16.4. The molecule has 0 aromatic carbocycles. The first kappa shape index (κ1) is 30.8. The van der Waals surface area contributed by atoms with E-state index in [4.69, 9.17) is 9.47 Å². The van der Waals surface area contributed by atoms with E-state index < -0.39 is 0 Å². The van der Waals surface area contributed by atoms with Gasteiger partial charge in [-0.1, -0.05) is 121 Å². The van der Waals surface area contributed by atoms with Gasteiger partial charge < -0.3 is 9.47 Å². The van der Waals surface area contributed by atoms with E-state index >= 15 is 0 Å². The fourth-order valence-electron chi connectivity index (χ4n) is 5.36. The largest absolute Gasteiger partial charge is 0.379 e. The molecule has 0 N–H and O–H groups in total. The van der Waals surface area contributed by atoms with Gasteiger partial charge in [0.2, 0.25) is 5.51 Å². The molecular formula is C31H58NO2S+. The molecule has 0 radical (unpaired) electrons. The summed E-state index contributed by atoms with van der Waals surface area (Å²) in [7, 11) is 0. The van der Waals surface area contributed by atoms with Crippen LogP contribution in [0.1, 0.15) is 142 Å². The van der Waals surface area contributed by atoms with E-state index in [1.54, 1.807) is 11.3 Å². The van der Waals surface area contributed by atoms with Gasteiger partial charge in [-0.2, -0.15) is 4.57 Å². The van der Waals surface area contributed by atoms with Crippen molar-refractivity contribution in [1.82, 2.24) is 0 Å². The number of unbranched alkanes of at least 4 members (excludes halogenated alkanes) is 17. The first-order valence-electron chi connectivity index (χ1n) is 15.5. The molecule has 2 atom stereocenters. The summed E-state index contributed by atoms with van der Waals surface area (Å²) in [6, 6.07) is 0. The Bertz CT molecular complexity index is 550. The van der Waals surface area contributed by atoms with Gasteiger partial charge in [-0.05, 0) is 31.6 Å². The van der Waals surface area contributed by atoms with Crippen molar-refractivity contribution in [2.24, 2.45) is 5.92 Å². The zero-order valence-corrected chi connectivity index (χ0v) is 24.1. The molecule has 0 saturated carbocycles. The smallest absolute Gasteiger partial charge is 0.224 e. The summed E-state index contributed by atoms with van der Waals surface area (Å²) in [4.78, 5) is 0. The third-order valence-electron chi connectivity index (χ3n) is 7.67. The topological polar surface area (TPSA) is 22.3 Å². The Morgan fingerprint density at radius 2 is 1.37 bits per heavy atom. The van der Waals surface area contributed by atoms with Crippen LogP contribution in [0.5, 0.6) is 0 Å². The van der Waals surface area contributed by atoms with Crippen LogP contribution in [0, 0.1) is 5.92 Å². The molecule has 2 rings (SSSR count). The second kappa shape index (κ2) is 22.7. The Morgan fingerprint density at radius 3 is 2.00 bits per heavy atom. The zero-order valence-electron chi connectivity index (χ0n) is 23.2. The van der Waals surface area contributed by atoms with Gasteiger partial charge in [0.25, 0.3) is 0 Å². The number of thiazole rings is 1. The van der Waals surface area contributed by atoms with E-state index in [0.29, 0.717) is 6.10 Å². The van der Waals surface area contributed by atoms with Crippen LogP contribution in [0.2, 0.25) is 0 Å². The lowest BCUT2D eigenvalue weighted by molar-refractivity contribution is -0.692. The highest BCUT2D eigenvalue weighted by Crippen LogP contribution is 2.25. The molecule has 204 valence electrons. The van der Waals surface area contributed by atoms with Crippen LogP contribution >= 0.6 is 11.3 Å². The molecule has 1 saturated heterocycles. The third kappa shape index (κ3) is 17.6. The predicted molar refractivity (Wildman–Crippen MR) is 151 cm³/mol. The number of rotatable bonds is 25. The van der Waals surface area contributed by atoms with Crippen LogP contribution in [0.15, 0.2) is 17.1 Å². The van der Waals surface area contributed by atoms with E-state index in [2.05, 4.69) is 28.6 Å². The molecule has 0 amide bonds. The Labute approximate surface area is 222 Å². The Hall–Kier alpha value is -0.450. The predicted octanol–water partition coefficient (Wildman–Crippen LogP) is 9.28. The van der Waals surface area contributed by atoms with Crippen molar-refractivity contribution in [3.8, 4) is 0 Å². The zero-order chi connectivity index (χ0) is 24.7. The molecule has 4 heteroatoms. The maximum absolute atomic E-state index is 6.00. The summed E-state index contributed by atoms with van der Waals surface area (Å²) < 4.78 is 14.2. The maximum Gasteiger partial charge on any atom is 0.224 e. The standard InChI is InChI=1S/C31H58NO2S/c1-2-3-4-5-6-7-8-9-10-11-12-13-14-15-18-21-30-26-31(34-27-30)28-33-24-20-17-16-19-22-32-23-25-35-29-32/h23,25,29-31H,2-22,24,26-28H2,1H3/q+1/t30-,31+/m1/s1. The normalized spacial score (nSPS) is 18.0. The van der Waals surface area contributed by atoms with Crippen LogP contribution in [0.25, 0.3) is 0 Å². The van der Waals surface area contributed by atoms with E-state index in [0.717, 1.165) is 32.3 Å². The average molecular weight is 509 g/mol. The van der Waals surface area contributed by atoms with Crippen molar-refractivity contribution in [3.05, 3.63) is 17.1 Å². The number of ether oxygens (including phenoxy) is 2. The minimum Gasteiger partial charge on any atom is -0.379 e. The molecule has 2 heterocycles. The van der Waals surface area contributed by atoms with Crippen LogP contribution in [-0.4, -0.2) is 25.9 Å². The summed E-state index contributed by atoms with van der Waals surface area (Å²) in [5.74, 6) is 0.778. The quantitative estimate of drug-likeness (QED) is 0.0969. The number of aryl methyl sites for hydroxylation is 1. The summed E-state index contributed by atoms with van der Waals surface area (Å²) >= 11 is 1.77. The van der Waals surface area contributed by atoms with Crippen molar-refractivity contribution in [3.63, 3.8) is 0 Å². The van der Waals surface area contributed by atoms with Gasteiger partial charge in [-0.15, -0.1) is 0 Å². The molecule has 0 unspecified atom stereocenters. The van der Waals surface area contributed by atoms with Crippen LogP contribution < -0.4 is 4.57 Å². The summed E-state index contributed by atoms with van der Waals surface area (Å²) in [6.07, 6.45) is 31.8. The number of hydrogen-bond acceptors (Lipinski definition) is 3. The monoisotopic (exact) mass is 508 g/mol. The fourth-order valence-corrected chi connectivity index (χ4v) is 5.99. The van der Waals surface area contributed by atoms with Gasteiger partial charge >= 0.3 is 0 Å². The average Bonchev–Trinajstić information content (AvgIpc) is 3.55. The molecule has 0 aliphatic carbocycles. The fraction of sp³-hybridized carbons (Fsp3) is 0.903. The van der Waals surface area contributed by atoms with E-state index in [1.807, 2.05) is 0 Å². The molecular weight excluding hydrogens is 450 g/mol. The minimum absolute atomic E-state index is 0.353. The lowest BCUT2D eigenvalue weighted by Crippen LogP contribution is -2.29. The number of hydrogen-bond donors (Lipinski definition) is 0. The van der Waals surface area contributed by atoms with E-state index in [1.165, 1.54) is 135 Å². The lowest BCUT2D eigenvalue weighted by Gasteiger charge is -2.10. The van der Waals surface area contributed by atoms with Gasteiger partial charge in [-0.25, -0.2) is 0 Å². The molecule has 1 aliphatic heterocycles. The van der Waals surface area contributed by atoms with Crippen molar-refractivity contribution in [2.45, 2.75) is 154 Å². The minimum atomic E-state index is 0.353. The molecule has 35 heavy (non-hydrogen) atoms.